The summed E-state index contributed by atoms with van der Waals surface area (Å²) in [5.74, 6) is -0.968. The van der Waals surface area contributed by atoms with E-state index < -0.39 is 23.5 Å². The van der Waals surface area contributed by atoms with Gasteiger partial charge in [-0.3, -0.25) is 4.79 Å². The normalized spacial score (nSPS) is 12.9. The number of hydrogen-bond donors (Lipinski definition) is 1. The molecule has 0 bridgehead atoms. The molecule has 0 unspecified atom stereocenters. The molecular formula is C12H16ClNO4. The highest BCUT2D eigenvalue weighted by Crippen LogP contribution is 2.13. The van der Waals surface area contributed by atoms with Crippen molar-refractivity contribution >= 4 is 23.5 Å². The molecule has 1 atom stereocenters. The van der Waals surface area contributed by atoms with E-state index in [9.17, 15) is 9.59 Å². The Hall–Kier alpha value is -1.49. The van der Waals surface area contributed by atoms with Gasteiger partial charge >= 0.3 is 5.97 Å². The first-order chi connectivity index (χ1) is 8.19. The van der Waals surface area contributed by atoms with Crippen LogP contribution in [-0.4, -0.2) is 23.5 Å². The number of ether oxygens (including phenoxy) is 1. The Morgan fingerprint density at radius 2 is 2.00 bits per heavy atom. The number of carbonyl (C=O) groups is 2. The van der Waals surface area contributed by atoms with Gasteiger partial charge in [0.25, 0.3) is 5.91 Å². The number of hydrogen-bond acceptors (Lipinski definition) is 4. The maximum Gasteiger partial charge on any atom is 0.328 e. The molecule has 1 aromatic rings. The van der Waals surface area contributed by atoms with Crippen LogP contribution in [0.4, 0.5) is 0 Å². The van der Waals surface area contributed by atoms with E-state index in [4.69, 9.17) is 20.8 Å². The van der Waals surface area contributed by atoms with E-state index in [1.807, 2.05) is 0 Å². The van der Waals surface area contributed by atoms with Crippen LogP contribution in [0.5, 0.6) is 0 Å². The fourth-order valence-corrected chi connectivity index (χ4v) is 1.30. The molecule has 0 fully saturated rings. The predicted molar refractivity (Wildman–Crippen MR) is 66.5 cm³/mol. The minimum atomic E-state index is -0.763. The SMILES string of the molecule is C[C@@H](NC(=O)c1ccc(Cl)o1)C(=O)OC(C)(C)C. The van der Waals surface area contributed by atoms with Gasteiger partial charge in [0.1, 0.15) is 11.6 Å². The van der Waals surface area contributed by atoms with Crippen LogP contribution in [0.25, 0.3) is 0 Å². The molecular weight excluding hydrogens is 258 g/mol. The zero-order valence-electron chi connectivity index (χ0n) is 10.7. The number of amides is 1. The van der Waals surface area contributed by atoms with Gasteiger partial charge in [0.2, 0.25) is 0 Å². The highest BCUT2D eigenvalue weighted by atomic mass is 35.5. The van der Waals surface area contributed by atoms with Gasteiger partial charge in [-0.1, -0.05) is 0 Å². The Balaban J connectivity index is 2.57. The van der Waals surface area contributed by atoms with Gasteiger partial charge in [-0.2, -0.15) is 0 Å². The molecule has 18 heavy (non-hydrogen) atoms. The molecule has 1 aromatic heterocycles. The van der Waals surface area contributed by atoms with Crippen LogP contribution >= 0.6 is 11.6 Å². The number of esters is 1. The first-order valence-corrected chi connectivity index (χ1v) is 5.86. The summed E-state index contributed by atoms with van der Waals surface area (Å²) in [5, 5.41) is 2.58. The van der Waals surface area contributed by atoms with E-state index in [1.54, 1.807) is 20.8 Å². The summed E-state index contributed by atoms with van der Waals surface area (Å²) in [5.41, 5.74) is -0.593. The lowest BCUT2D eigenvalue weighted by atomic mass is 10.2. The molecule has 6 heteroatoms. The first kappa shape index (κ1) is 14.6. The molecule has 1 N–H and O–H groups in total. The monoisotopic (exact) mass is 273 g/mol. The van der Waals surface area contributed by atoms with Crippen LogP contribution in [-0.2, 0) is 9.53 Å². The van der Waals surface area contributed by atoms with Crippen molar-refractivity contribution in [3.05, 3.63) is 23.1 Å². The molecule has 0 aliphatic rings. The van der Waals surface area contributed by atoms with Gasteiger partial charge in [-0.15, -0.1) is 0 Å². The summed E-state index contributed by atoms with van der Waals surface area (Å²) >= 11 is 5.55. The highest BCUT2D eigenvalue weighted by molar-refractivity contribution is 6.29. The third-order valence-corrected chi connectivity index (χ3v) is 2.11. The summed E-state index contributed by atoms with van der Waals surface area (Å²) in [7, 11) is 0. The molecule has 0 aliphatic carbocycles. The largest absolute Gasteiger partial charge is 0.458 e. The Labute approximate surface area is 110 Å². The molecule has 100 valence electrons. The molecule has 1 amide bonds. The van der Waals surface area contributed by atoms with Gasteiger partial charge in [0.15, 0.2) is 11.0 Å². The maximum atomic E-state index is 11.7. The molecule has 0 saturated carbocycles. The highest BCUT2D eigenvalue weighted by Gasteiger charge is 2.24. The van der Waals surface area contributed by atoms with Crippen molar-refractivity contribution in [3.63, 3.8) is 0 Å². The zero-order valence-corrected chi connectivity index (χ0v) is 11.5. The second-order valence-electron chi connectivity index (χ2n) is 4.83. The fraction of sp³-hybridized carbons (Fsp3) is 0.500. The lowest BCUT2D eigenvalue weighted by Gasteiger charge is -2.22. The van der Waals surface area contributed by atoms with Crippen molar-refractivity contribution in [1.82, 2.24) is 5.32 Å². The quantitative estimate of drug-likeness (QED) is 0.859. The topological polar surface area (TPSA) is 68.5 Å². The predicted octanol–water partition coefficient (Wildman–Crippen LogP) is 2.39. The third-order valence-electron chi connectivity index (χ3n) is 1.90. The summed E-state index contributed by atoms with van der Waals surface area (Å²) in [4.78, 5) is 23.3. The van der Waals surface area contributed by atoms with Crippen molar-refractivity contribution in [2.24, 2.45) is 0 Å². The van der Waals surface area contributed by atoms with Crippen LogP contribution in [0, 0.1) is 0 Å². The number of halogens is 1. The molecule has 0 saturated heterocycles. The Morgan fingerprint density at radius 3 is 2.44 bits per heavy atom. The van der Waals surface area contributed by atoms with Gasteiger partial charge in [-0.25, -0.2) is 4.79 Å². The average Bonchev–Trinajstić information content (AvgIpc) is 2.62. The fourth-order valence-electron chi connectivity index (χ4n) is 1.15. The zero-order chi connectivity index (χ0) is 13.9. The van der Waals surface area contributed by atoms with Crippen molar-refractivity contribution in [3.8, 4) is 0 Å². The lowest BCUT2D eigenvalue weighted by Crippen LogP contribution is -2.42. The van der Waals surface area contributed by atoms with Crippen molar-refractivity contribution in [2.75, 3.05) is 0 Å². The van der Waals surface area contributed by atoms with E-state index in [1.165, 1.54) is 19.1 Å². The van der Waals surface area contributed by atoms with E-state index in [-0.39, 0.29) is 11.0 Å². The van der Waals surface area contributed by atoms with Gasteiger partial charge in [-0.05, 0) is 51.4 Å². The molecule has 1 rings (SSSR count). The lowest BCUT2D eigenvalue weighted by molar-refractivity contribution is -0.156. The maximum absolute atomic E-state index is 11.7. The Kier molecular flexibility index (Phi) is 4.40. The molecule has 0 aromatic carbocycles. The van der Waals surface area contributed by atoms with Gasteiger partial charge in [0, 0.05) is 0 Å². The summed E-state index contributed by atoms with van der Waals surface area (Å²) < 4.78 is 10.1. The smallest absolute Gasteiger partial charge is 0.328 e. The third kappa shape index (κ3) is 4.41. The number of furan rings is 1. The number of carbonyl (C=O) groups excluding carboxylic acids is 2. The van der Waals surface area contributed by atoms with Crippen molar-refractivity contribution < 1.29 is 18.7 Å². The summed E-state index contributed by atoms with van der Waals surface area (Å²) in [6.45, 7) is 6.81. The van der Waals surface area contributed by atoms with Crippen LogP contribution in [0.1, 0.15) is 38.2 Å². The van der Waals surface area contributed by atoms with Crippen molar-refractivity contribution in [2.45, 2.75) is 39.3 Å². The van der Waals surface area contributed by atoms with Gasteiger partial charge < -0.3 is 14.5 Å². The molecule has 0 spiro atoms. The van der Waals surface area contributed by atoms with E-state index >= 15 is 0 Å². The molecule has 0 radical (unpaired) electrons. The second kappa shape index (κ2) is 5.44. The summed E-state index contributed by atoms with van der Waals surface area (Å²) in [6.07, 6.45) is 0. The number of nitrogens with one attached hydrogen (secondary N) is 1. The molecule has 1 heterocycles. The van der Waals surface area contributed by atoms with E-state index in [0.717, 1.165) is 0 Å². The van der Waals surface area contributed by atoms with E-state index in [0.29, 0.717) is 0 Å². The minimum absolute atomic E-state index is 0.0513. The van der Waals surface area contributed by atoms with Crippen LogP contribution in [0.15, 0.2) is 16.5 Å². The average molecular weight is 274 g/mol. The van der Waals surface area contributed by atoms with Gasteiger partial charge in [0.05, 0.1) is 0 Å². The second-order valence-corrected chi connectivity index (χ2v) is 5.20. The van der Waals surface area contributed by atoms with Crippen LogP contribution in [0.3, 0.4) is 0 Å². The van der Waals surface area contributed by atoms with Crippen LogP contribution < -0.4 is 5.32 Å². The minimum Gasteiger partial charge on any atom is -0.458 e. The van der Waals surface area contributed by atoms with Crippen LogP contribution in [0.2, 0.25) is 5.22 Å². The standard InChI is InChI=1S/C12H16ClNO4/c1-7(11(16)18-12(2,3)4)14-10(15)8-5-6-9(13)17-8/h5-7H,1-4H3,(H,14,15)/t7-/m1/s1. The first-order valence-electron chi connectivity index (χ1n) is 5.48. The number of rotatable bonds is 3. The van der Waals surface area contributed by atoms with Crippen molar-refractivity contribution in [1.29, 1.82) is 0 Å². The molecule has 5 nitrogen and oxygen atoms in total. The Bertz CT molecular complexity index is 447. The Morgan fingerprint density at radius 1 is 1.39 bits per heavy atom. The summed E-state index contributed by atoms with van der Waals surface area (Å²) in [6, 6.07) is 2.12. The molecule has 0 aliphatic heterocycles. The van der Waals surface area contributed by atoms with E-state index in [2.05, 4.69) is 5.32 Å².